The van der Waals surface area contributed by atoms with Crippen LogP contribution in [0.1, 0.15) is 65.3 Å². The maximum atomic E-state index is 12.8. The Bertz CT molecular complexity index is 964. The zero-order chi connectivity index (χ0) is 21.6. The molecule has 1 saturated carbocycles. The lowest BCUT2D eigenvalue weighted by Crippen LogP contribution is -2.51. The first kappa shape index (κ1) is 20.1. The van der Waals surface area contributed by atoms with E-state index in [2.05, 4.69) is 17.7 Å². The van der Waals surface area contributed by atoms with Gasteiger partial charge < -0.3 is 5.32 Å². The summed E-state index contributed by atoms with van der Waals surface area (Å²) in [5.41, 5.74) is 2.88. The molecular formula is C21H24N4O5. The summed E-state index contributed by atoms with van der Waals surface area (Å²) in [5.74, 6) is -1.48. The Labute approximate surface area is 173 Å². The summed E-state index contributed by atoms with van der Waals surface area (Å²) >= 11 is 0. The van der Waals surface area contributed by atoms with Crippen molar-refractivity contribution >= 4 is 29.7 Å². The number of amides is 6. The van der Waals surface area contributed by atoms with Crippen LogP contribution in [-0.4, -0.2) is 51.7 Å². The molecule has 6 amide bonds. The van der Waals surface area contributed by atoms with Crippen molar-refractivity contribution in [2.75, 3.05) is 6.54 Å². The van der Waals surface area contributed by atoms with Crippen LogP contribution in [0.4, 0.5) is 4.79 Å². The minimum Gasteiger partial charge on any atom is -0.322 e. The van der Waals surface area contributed by atoms with E-state index < -0.39 is 35.2 Å². The van der Waals surface area contributed by atoms with Gasteiger partial charge in [0.25, 0.3) is 17.7 Å². The minimum absolute atomic E-state index is 0.135. The summed E-state index contributed by atoms with van der Waals surface area (Å²) < 4.78 is 0. The van der Waals surface area contributed by atoms with Gasteiger partial charge in [0.15, 0.2) is 0 Å². The number of carbonyl (C=O) groups is 5. The molecule has 9 nitrogen and oxygen atoms in total. The van der Waals surface area contributed by atoms with Crippen LogP contribution in [0.2, 0.25) is 0 Å². The van der Waals surface area contributed by atoms with Crippen molar-refractivity contribution < 1.29 is 24.0 Å². The Morgan fingerprint density at radius 1 is 1.13 bits per heavy atom. The number of nitrogens with zero attached hydrogens (tertiary/aromatic N) is 2. The Morgan fingerprint density at radius 2 is 1.80 bits per heavy atom. The fourth-order valence-corrected chi connectivity index (χ4v) is 4.32. The molecule has 2 N–H and O–H groups in total. The van der Waals surface area contributed by atoms with Crippen molar-refractivity contribution in [3.05, 3.63) is 34.9 Å². The fourth-order valence-electron chi connectivity index (χ4n) is 4.32. The van der Waals surface area contributed by atoms with Gasteiger partial charge in [0.2, 0.25) is 5.91 Å². The highest BCUT2D eigenvalue weighted by atomic mass is 16.2. The molecule has 0 aromatic heterocycles. The molecule has 4 rings (SSSR count). The predicted molar refractivity (Wildman–Crippen MR) is 105 cm³/mol. The number of hydrazine groups is 1. The first-order valence-electron chi connectivity index (χ1n) is 10.1. The Hall–Kier alpha value is -3.23. The summed E-state index contributed by atoms with van der Waals surface area (Å²) in [5, 5.41) is 3.45. The lowest BCUT2D eigenvalue weighted by Gasteiger charge is -2.33. The van der Waals surface area contributed by atoms with E-state index in [0.717, 1.165) is 28.3 Å². The second kappa shape index (κ2) is 7.23. The number of fused-ring (bicyclic) bond motifs is 1. The number of hydrogen-bond donors (Lipinski definition) is 2. The van der Waals surface area contributed by atoms with Crippen molar-refractivity contribution in [3.63, 3.8) is 0 Å². The molecule has 9 heteroatoms. The highest BCUT2D eigenvalue weighted by Gasteiger charge is 2.52. The van der Waals surface area contributed by atoms with Crippen LogP contribution in [-0.2, 0) is 9.59 Å². The summed E-state index contributed by atoms with van der Waals surface area (Å²) in [7, 11) is 0. The molecule has 1 spiro atoms. The molecule has 2 heterocycles. The monoisotopic (exact) mass is 412 g/mol. The SMILES string of the molecule is Cc1ccc2c(c1)C(=O)N(CCC(=O)NN1C(=O)NC3(CCC(C)CC3)C1=O)C2=O. The van der Waals surface area contributed by atoms with Gasteiger partial charge in [0, 0.05) is 13.0 Å². The highest BCUT2D eigenvalue weighted by Crippen LogP contribution is 2.35. The van der Waals surface area contributed by atoms with E-state index in [1.807, 2.05) is 6.92 Å². The van der Waals surface area contributed by atoms with E-state index in [1.165, 1.54) is 0 Å². The number of carbonyl (C=O) groups excluding carboxylic acids is 5. The first-order valence-corrected chi connectivity index (χ1v) is 10.1. The molecule has 0 unspecified atom stereocenters. The van der Waals surface area contributed by atoms with Gasteiger partial charge in [0.1, 0.15) is 5.54 Å². The molecule has 1 aromatic rings. The van der Waals surface area contributed by atoms with Crippen LogP contribution >= 0.6 is 0 Å². The van der Waals surface area contributed by atoms with Crippen molar-refractivity contribution in [2.24, 2.45) is 5.92 Å². The van der Waals surface area contributed by atoms with Gasteiger partial charge >= 0.3 is 6.03 Å². The van der Waals surface area contributed by atoms with Crippen LogP contribution in [0.25, 0.3) is 0 Å². The molecule has 1 aliphatic carbocycles. The third-order valence-electron chi connectivity index (χ3n) is 6.21. The number of hydrogen-bond acceptors (Lipinski definition) is 5. The van der Waals surface area contributed by atoms with Gasteiger partial charge in [-0.1, -0.05) is 18.6 Å². The van der Waals surface area contributed by atoms with Crippen LogP contribution in [0.5, 0.6) is 0 Å². The molecule has 2 fully saturated rings. The zero-order valence-corrected chi connectivity index (χ0v) is 17.0. The van der Waals surface area contributed by atoms with E-state index in [9.17, 15) is 24.0 Å². The van der Waals surface area contributed by atoms with Crippen molar-refractivity contribution in [1.82, 2.24) is 20.7 Å². The van der Waals surface area contributed by atoms with Gasteiger partial charge in [0.05, 0.1) is 11.1 Å². The quantitative estimate of drug-likeness (QED) is 0.575. The van der Waals surface area contributed by atoms with E-state index in [1.54, 1.807) is 18.2 Å². The maximum absolute atomic E-state index is 12.8. The average molecular weight is 412 g/mol. The topological polar surface area (TPSA) is 116 Å². The number of nitrogens with one attached hydrogen (secondary N) is 2. The Kier molecular flexibility index (Phi) is 4.83. The fraction of sp³-hybridized carbons (Fsp3) is 0.476. The number of rotatable bonds is 4. The minimum atomic E-state index is -0.947. The lowest BCUT2D eigenvalue weighted by molar-refractivity contribution is -0.140. The van der Waals surface area contributed by atoms with Crippen molar-refractivity contribution in [3.8, 4) is 0 Å². The molecule has 1 aromatic carbocycles. The second-order valence-corrected chi connectivity index (χ2v) is 8.43. The van der Waals surface area contributed by atoms with Gasteiger partial charge in [-0.25, -0.2) is 4.79 Å². The first-order chi connectivity index (χ1) is 14.2. The molecule has 3 aliphatic rings. The molecule has 0 bridgehead atoms. The smallest absolute Gasteiger partial charge is 0.322 e. The predicted octanol–water partition coefficient (Wildman–Crippen LogP) is 1.51. The average Bonchev–Trinajstić information content (AvgIpc) is 3.08. The number of urea groups is 1. The van der Waals surface area contributed by atoms with Crippen LogP contribution in [0, 0.1) is 12.8 Å². The third kappa shape index (κ3) is 3.24. The molecule has 0 atom stereocenters. The van der Waals surface area contributed by atoms with Gasteiger partial charge in [-0.2, -0.15) is 5.01 Å². The Balaban J connectivity index is 1.37. The molecule has 1 saturated heterocycles. The number of benzene rings is 1. The summed E-state index contributed by atoms with van der Waals surface area (Å²) in [4.78, 5) is 63.4. The van der Waals surface area contributed by atoms with Crippen molar-refractivity contribution in [1.29, 1.82) is 0 Å². The largest absolute Gasteiger partial charge is 0.344 e. The summed E-state index contributed by atoms with van der Waals surface area (Å²) in [6.45, 7) is 3.80. The third-order valence-corrected chi connectivity index (χ3v) is 6.21. The standard InChI is InChI=1S/C21H24N4O5/c1-12-5-8-21(9-6-12)19(29)25(20(30)22-21)23-16(26)7-10-24-17(27)14-4-3-13(2)11-15(14)18(24)28/h3-4,11-12H,5-10H2,1-2H3,(H,22,30)(H,23,26). The molecule has 158 valence electrons. The van der Waals surface area contributed by atoms with Gasteiger partial charge in [-0.15, -0.1) is 0 Å². The number of imide groups is 2. The summed E-state index contributed by atoms with van der Waals surface area (Å²) in [6.07, 6.45) is 2.52. The van der Waals surface area contributed by atoms with Crippen LogP contribution in [0.15, 0.2) is 18.2 Å². The van der Waals surface area contributed by atoms with E-state index in [-0.39, 0.29) is 13.0 Å². The summed E-state index contributed by atoms with van der Waals surface area (Å²) in [6, 6.07) is 4.34. The van der Waals surface area contributed by atoms with Crippen LogP contribution < -0.4 is 10.7 Å². The van der Waals surface area contributed by atoms with E-state index >= 15 is 0 Å². The van der Waals surface area contributed by atoms with E-state index in [0.29, 0.717) is 29.9 Å². The molecule has 2 aliphatic heterocycles. The molecule has 0 radical (unpaired) electrons. The number of aryl methyl sites for hydroxylation is 1. The van der Waals surface area contributed by atoms with Crippen LogP contribution in [0.3, 0.4) is 0 Å². The van der Waals surface area contributed by atoms with Gasteiger partial charge in [-0.3, -0.25) is 29.5 Å². The van der Waals surface area contributed by atoms with Crippen molar-refractivity contribution in [2.45, 2.75) is 51.5 Å². The van der Waals surface area contributed by atoms with E-state index in [4.69, 9.17) is 0 Å². The highest BCUT2D eigenvalue weighted by molar-refractivity contribution is 6.21. The second-order valence-electron chi connectivity index (χ2n) is 8.43. The van der Waals surface area contributed by atoms with Gasteiger partial charge in [-0.05, 0) is 50.7 Å². The molecular weight excluding hydrogens is 388 g/mol. The maximum Gasteiger partial charge on any atom is 0.344 e. The normalized spacial score (nSPS) is 25.7. The Morgan fingerprint density at radius 3 is 2.50 bits per heavy atom. The lowest BCUT2D eigenvalue weighted by atomic mass is 9.77. The molecule has 30 heavy (non-hydrogen) atoms. The zero-order valence-electron chi connectivity index (χ0n) is 17.0.